The number of halogens is 3. The molecule has 6 nitrogen and oxygen atoms in total. The third-order valence-electron chi connectivity index (χ3n) is 6.58. The van der Waals surface area contributed by atoms with Gasteiger partial charge < -0.3 is 11.1 Å². The van der Waals surface area contributed by atoms with Crippen LogP contribution in [-0.4, -0.2) is 20.9 Å². The number of nitrogens with zero attached hydrogens (tertiary/aromatic N) is 3. The van der Waals surface area contributed by atoms with Gasteiger partial charge in [-0.2, -0.15) is 13.2 Å². The van der Waals surface area contributed by atoms with Crippen molar-refractivity contribution in [3.05, 3.63) is 52.9 Å². The first-order chi connectivity index (χ1) is 16.1. The van der Waals surface area contributed by atoms with Crippen LogP contribution >= 0.6 is 11.3 Å². The van der Waals surface area contributed by atoms with E-state index < -0.39 is 17.3 Å². The third-order valence-corrected chi connectivity index (χ3v) is 7.79. The molecule has 0 saturated heterocycles. The zero-order valence-electron chi connectivity index (χ0n) is 18.9. The number of primary amides is 1. The van der Waals surface area contributed by atoms with E-state index in [1.165, 1.54) is 0 Å². The van der Waals surface area contributed by atoms with Crippen LogP contribution in [0.1, 0.15) is 61.2 Å². The summed E-state index contributed by atoms with van der Waals surface area (Å²) in [4.78, 5) is 25.0. The fraction of sp³-hybridized carbons (Fsp3) is 0.417. The number of anilines is 2. The van der Waals surface area contributed by atoms with Crippen LogP contribution in [0.2, 0.25) is 0 Å². The summed E-state index contributed by atoms with van der Waals surface area (Å²) >= 11 is 1.60. The van der Waals surface area contributed by atoms with Crippen LogP contribution in [0.3, 0.4) is 0 Å². The first-order valence-corrected chi connectivity index (χ1v) is 12.0. The Bertz CT molecular complexity index is 1190. The van der Waals surface area contributed by atoms with Crippen LogP contribution in [-0.2, 0) is 11.0 Å². The molecule has 0 aliphatic heterocycles. The lowest BCUT2D eigenvalue weighted by Gasteiger charge is -2.36. The Morgan fingerprint density at radius 2 is 1.97 bits per heavy atom. The van der Waals surface area contributed by atoms with E-state index in [4.69, 9.17) is 5.73 Å². The SMILES string of the molecule is CCC1(C(N)=O)CCC(c2ncc(-c3cc(C)cc(Nc4nccc(C(F)(F)F)n4)c3)s2)CC1. The molecule has 1 aromatic carbocycles. The van der Waals surface area contributed by atoms with Gasteiger partial charge in [-0.05, 0) is 68.4 Å². The van der Waals surface area contributed by atoms with E-state index in [9.17, 15) is 18.0 Å². The van der Waals surface area contributed by atoms with Gasteiger partial charge in [-0.25, -0.2) is 15.0 Å². The van der Waals surface area contributed by atoms with E-state index in [1.54, 1.807) is 11.3 Å². The number of carbonyl (C=O) groups excluding carboxylic acids is 1. The van der Waals surface area contributed by atoms with E-state index in [0.29, 0.717) is 11.6 Å². The van der Waals surface area contributed by atoms with Crippen LogP contribution in [0.15, 0.2) is 36.7 Å². The fourth-order valence-electron chi connectivity index (χ4n) is 4.50. The minimum atomic E-state index is -4.54. The largest absolute Gasteiger partial charge is 0.433 e. The summed E-state index contributed by atoms with van der Waals surface area (Å²) in [7, 11) is 0. The number of aromatic nitrogens is 3. The molecule has 1 amide bonds. The molecule has 1 aliphatic rings. The summed E-state index contributed by atoms with van der Waals surface area (Å²) in [5.74, 6) is -0.0380. The number of aryl methyl sites for hydroxylation is 1. The maximum Gasteiger partial charge on any atom is 0.433 e. The molecule has 34 heavy (non-hydrogen) atoms. The van der Waals surface area contributed by atoms with Crippen molar-refractivity contribution < 1.29 is 18.0 Å². The second kappa shape index (κ2) is 9.32. The molecule has 3 aromatic rings. The highest BCUT2D eigenvalue weighted by molar-refractivity contribution is 7.15. The zero-order valence-corrected chi connectivity index (χ0v) is 19.8. The molecule has 4 rings (SSSR count). The van der Waals surface area contributed by atoms with Gasteiger partial charge in [-0.15, -0.1) is 11.3 Å². The van der Waals surface area contributed by atoms with Crippen LogP contribution in [0, 0.1) is 12.3 Å². The summed E-state index contributed by atoms with van der Waals surface area (Å²) in [5, 5.41) is 3.91. The van der Waals surface area contributed by atoms with Crippen molar-refractivity contribution >= 4 is 28.9 Å². The summed E-state index contributed by atoms with van der Waals surface area (Å²) < 4.78 is 38.9. The highest BCUT2D eigenvalue weighted by Crippen LogP contribution is 2.46. The topological polar surface area (TPSA) is 93.8 Å². The number of rotatable bonds is 6. The first kappa shape index (κ1) is 24.1. The Balaban J connectivity index is 1.52. The zero-order chi connectivity index (χ0) is 24.5. The molecule has 2 aromatic heterocycles. The average molecular weight is 490 g/mol. The number of nitrogens with two attached hydrogens (primary N) is 1. The summed E-state index contributed by atoms with van der Waals surface area (Å²) in [6.07, 6.45) is 2.42. The van der Waals surface area contributed by atoms with Crippen molar-refractivity contribution in [1.82, 2.24) is 15.0 Å². The lowest BCUT2D eigenvalue weighted by Crippen LogP contribution is -2.39. The molecule has 1 fully saturated rings. The molecule has 0 atom stereocenters. The highest BCUT2D eigenvalue weighted by Gasteiger charge is 2.39. The molecule has 0 spiro atoms. The van der Waals surface area contributed by atoms with Crippen molar-refractivity contribution in [2.75, 3.05) is 5.32 Å². The van der Waals surface area contributed by atoms with Crippen molar-refractivity contribution in [3.63, 3.8) is 0 Å². The van der Waals surface area contributed by atoms with Gasteiger partial charge in [0.15, 0.2) is 0 Å². The second-order valence-corrected chi connectivity index (χ2v) is 9.87. The summed E-state index contributed by atoms with van der Waals surface area (Å²) in [5.41, 5.74) is 6.71. The Labute approximate surface area is 199 Å². The molecule has 180 valence electrons. The maximum absolute atomic E-state index is 13.0. The van der Waals surface area contributed by atoms with Crippen LogP contribution < -0.4 is 11.1 Å². The summed E-state index contributed by atoms with van der Waals surface area (Å²) in [6, 6.07) is 6.52. The van der Waals surface area contributed by atoms with Gasteiger partial charge in [0.2, 0.25) is 11.9 Å². The molecule has 0 bridgehead atoms. The maximum atomic E-state index is 13.0. The summed E-state index contributed by atoms with van der Waals surface area (Å²) in [6.45, 7) is 3.93. The predicted molar refractivity (Wildman–Crippen MR) is 126 cm³/mol. The number of hydrogen-bond donors (Lipinski definition) is 2. The van der Waals surface area contributed by atoms with E-state index in [0.717, 1.165) is 65.4 Å². The molecule has 0 radical (unpaired) electrons. The molecule has 3 N–H and O–H groups in total. The molecule has 1 saturated carbocycles. The Morgan fingerprint density at radius 3 is 2.62 bits per heavy atom. The number of alkyl halides is 3. The van der Waals surface area contributed by atoms with Gasteiger partial charge in [0, 0.05) is 29.4 Å². The van der Waals surface area contributed by atoms with E-state index in [1.807, 2.05) is 38.2 Å². The third kappa shape index (κ3) is 5.06. The van der Waals surface area contributed by atoms with Crippen LogP contribution in [0.25, 0.3) is 10.4 Å². The Hall–Kier alpha value is -3.01. The van der Waals surface area contributed by atoms with Gasteiger partial charge in [-0.1, -0.05) is 13.0 Å². The molecule has 2 heterocycles. The van der Waals surface area contributed by atoms with Gasteiger partial charge >= 0.3 is 6.18 Å². The molecule has 10 heteroatoms. The van der Waals surface area contributed by atoms with Crippen molar-refractivity contribution in [2.45, 2.75) is 58.0 Å². The predicted octanol–water partition coefficient (Wildman–Crippen LogP) is 6.21. The average Bonchev–Trinajstić information content (AvgIpc) is 3.29. The van der Waals surface area contributed by atoms with Crippen LogP contribution in [0.5, 0.6) is 0 Å². The number of hydrogen-bond acceptors (Lipinski definition) is 6. The van der Waals surface area contributed by atoms with Gasteiger partial charge in [0.05, 0.1) is 9.88 Å². The normalized spacial score (nSPS) is 20.8. The van der Waals surface area contributed by atoms with Gasteiger partial charge in [0.1, 0.15) is 5.69 Å². The van der Waals surface area contributed by atoms with Crippen molar-refractivity contribution in [3.8, 4) is 10.4 Å². The van der Waals surface area contributed by atoms with Crippen LogP contribution in [0.4, 0.5) is 24.8 Å². The molecule has 0 unspecified atom stereocenters. The first-order valence-electron chi connectivity index (χ1n) is 11.1. The minimum absolute atomic E-state index is 0.118. The van der Waals surface area contributed by atoms with E-state index in [-0.39, 0.29) is 11.9 Å². The standard InChI is InChI=1S/C24H26F3N5OS/c1-3-23(21(28)33)7-4-15(5-8-23)20-30-13-18(34-20)16-10-14(2)11-17(12-16)31-22-29-9-6-19(32-22)24(25,26)27/h6,9-13,15H,3-5,7-8H2,1-2H3,(H2,28,33)(H,29,31,32). The lowest BCUT2D eigenvalue weighted by atomic mass is 9.68. The molecular formula is C24H26F3N5OS. The van der Waals surface area contributed by atoms with E-state index >= 15 is 0 Å². The smallest absolute Gasteiger partial charge is 0.369 e. The number of carbonyl (C=O) groups is 1. The van der Waals surface area contributed by atoms with Crippen molar-refractivity contribution in [1.29, 1.82) is 0 Å². The van der Waals surface area contributed by atoms with Gasteiger partial charge in [0.25, 0.3) is 0 Å². The molecular weight excluding hydrogens is 463 g/mol. The monoisotopic (exact) mass is 489 g/mol. The Kier molecular flexibility index (Phi) is 6.62. The lowest BCUT2D eigenvalue weighted by molar-refractivity contribution is -0.141. The van der Waals surface area contributed by atoms with Crippen molar-refractivity contribution in [2.24, 2.45) is 11.1 Å². The highest BCUT2D eigenvalue weighted by atomic mass is 32.1. The Morgan fingerprint density at radius 1 is 1.24 bits per heavy atom. The number of nitrogens with one attached hydrogen (secondary N) is 1. The van der Waals surface area contributed by atoms with E-state index in [2.05, 4.69) is 20.3 Å². The quantitative estimate of drug-likeness (QED) is 0.429. The molecule has 1 aliphatic carbocycles. The fourth-order valence-corrected chi connectivity index (χ4v) is 5.58. The minimum Gasteiger partial charge on any atom is -0.369 e. The number of thiazole rings is 1. The van der Waals surface area contributed by atoms with Gasteiger partial charge in [-0.3, -0.25) is 4.79 Å². The number of benzene rings is 1. The second-order valence-electron chi connectivity index (χ2n) is 8.81. The number of amides is 1.